The molecule has 0 atom stereocenters. The molecule has 0 saturated heterocycles. The zero-order chi connectivity index (χ0) is 17.3. The first-order chi connectivity index (χ1) is 12.4. The first-order valence-corrected chi connectivity index (χ1v) is 9.71. The van der Waals surface area contributed by atoms with Crippen LogP contribution in [0.3, 0.4) is 0 Å². The van der Waals surface area contributed by atoms with E-state index in [9.17, 15) is 0 Å². The minimum Gasteiger partial charge on any atom is -0.354 e. The molecule has 1 heterocycles. The highest BCUT2D eigenvalue weighted by atomic mass is 14.7. The molecule has 0 fully saturated rings. The maximum Gasteiger partial charge on any atom is 0.0491 e. The van der Waals surface area contributed by atoms with Crippen LogP contribution in [0.25, 0.3) is 22.5 Å². The maximum absolute atomic E-state index is 3.68. The van der Waals surface area contributed by atoms with Crippen LogP contribution in [0.2, 0.25) is 0 Å². The van der Waals surface area contributed by atoms with Crippen LogP contribution < -0.4 is 0 Å². The minimum atomic E-state index is 1.15. The van der Waals surface area contributed by atoms with Crippen molar-refractivity contribution in [3.63, 3.8) is 0 Å². The summed E-state index contributed by atoms with van der Waals surface area (Å²) in [5.74, 6) is 0. The third-order valence-electron chi connectivity index (χ3n) is 4.85. The zero-order valence-electron chi connectivity index (χ0n) is 15.3. The summed E-state index contributed by atoms with van der Waals surface area (Å²) in [6.45, 7) is 2.27. The Kier molecular flexibility index (Phi) is 6.50. The summed E-state index contributed by atoms with van der Waals surface area (Å²) in [4.78, 5) is 3.68. The van der Waals surface area contributed by atoms with Gasteiger partial charge in [0.25, 0.3) is 0 Å². The van der Waals surface area contributed by atoms with E-state index in [0.29, 0.717) is 0 Å². The normalized spacial score (nSPS) is 10.9. The summed E-state index contributed by atoms with van der Waals surface area (Å²) in [5.41, 5.74) is 6.49. The van der Waals surface area contributed by atoms with Gasteiger partial charge in [-0.25, -0.2) is 0 Å². The third kappa shape index (κ3) is 4.85. The number of unbranched alkanes of at least 4 members (excludes halogenated alkanes) is 5. The van der Waals surface area contributed by atoms with Gasteiger partial charge in [0.1, 0.15) is 0 Å². The molecule has 2 aromatic carbocycles. The Balaban J connectivity index is 1.76. The van der Waals surface area contributed by atoms with Crippen molar-refractivity contribution >= 4 is 0 Å². The van der Waals surface area contributed by atoms with Crippen molar-refractivity contribution in [3.8, 4) is 22.5 Å². The molecule has 0 aliphatic carbocycles. The van der Waals surface area contributed by atoms with Gasteiger partial charge < -0.3 is 4.98 Å². The molecule has 0 amide bonds. The summed E-state index contributed by atoms with van der Waals surface area (Å²) >= 11 is 0. The highest BCUT2D eigenvalue weighted by molar-refractivity contribution is 5.71. The second-order valence-electron chi connectivity index (χ2n) is 6.83. The lowest BCUT2D eigenvalue weighted by Crippen LogP contribution is -1.88. The first kappa shape index (κ1) is 17.5. The summed E-state index contributed by atoms with van der Waals surface area (Å²) < 4.78 is 0. The predicted octanol–water partition coefficient (Wildman–Crippen LogP) is 7.25. The van der Waals surface area contributed by atoms with E-state index >= 15 is 0 Å². The average Bonchev–Trinajstić information content (AvgIpc) is 3.10. The Labute approximate surface area is 152 Å². The molecule has 25 heavy (non-hydrogen) atoms. The van der Waals surface area contributed by atoms with Crippen LogP contribution >= 0.6 is 0 Å². The molecule has 0 aliphatic heterocycles. The Morgan fingerprint density at radius 1 is 0.680 bits per heavy atom. The van der Waals surface area contributed by atoms with Crippen molar-refractivity contribution in [1.29, 1.82) is 0 Å². The molecule has 3 rings (SSSR count). The van der Waals surface area contributed by atoms with Crippen molar-refractivity contribution in [1.82, 2.24) is 4.98 Å². The Hall–Kier alpha value is -2.28. The average molecular weight is 332 g/mol. The van der Waals surface area contributed by atoms with Gasteiger partial charge in [-0.05, 0) is 35.6 Å². The van der Waals surface area contributed by atoms with Gasteiger partial charge in [0.15, 0.2) is 0 Å². The van der Waals surface area contributed by atoms with Crippen LogP contribution in [-0.2, 0) is 6.42 Å². The number of H-pyrrole nitrogens is 1. The topological polar surface area (TPSA) is 15.8 Å². The van der Waals surface area contributed by atoms with E-state index in [1.165, 1.54) is 66.6 Å². The molecule has 0 saturated carbocycles. The SMILES string of the molecule is CCCCCCCCc1cc(-c2ccccc2)[nH]c1-c1ccccc1. The lowest BCUT2D eigenvalue weighted by atomic mass is 10.0. The molecule has 0 unspecified atom stereocenters. The number of aryl methyl sites for hydroxylation is 1. The Bertz CT molecular complexity index is 740. The standard InChI is InChI=1S/C24H29N/c1-2-3-4-5-6-9-18-22-19-23(20-14-10-7-11-15-20)25-24(22)21-16-12-8-13-17-21/h7-8,10-17,19,25H,2-6,9,18H2,1H3. The number of hydrogen-bond donors (Lipinski definition) is 1. The molecule has 1 heteroatoms. The van der Waals surface area contributed by atoms with Gasteiger partial charge in [-0.1, -0.05) is 99.7 Å². The number of benzene rings is 2. The van der Waals surface area contributed by atoms with Crippen LogP contribution in [-0.4, -0.2) is 4.98 Å². The second kappa shape index (κ2) is 9.27. The van der Waals surface area contributed by atoms with Crippen molar-refractivity contribution in [2.75, 3.05) is 0 Å². The van der Waals surface area contributed by atoms with Crippen molar-refractivity contribution in [2.24, 2.45) is 0 Å². The molecule has 1 N–H and O–H groups in total. The summed E-state index contributed by atoms with van der Waals surface area (Å²) in [6.07, 6.45) is 9.19. The van der Waals surface area contributed by atoms with Gasteiger partial charge in [-0.15, -0.1) is 0 Å². The van der Waals surface area contributed by atoms with Gasteiger partial charge in [-0.2, -0.15) is 0 Å². The molecule has 0 radical (unpaired) electrons. The van der Waals surface area contributed by atoms with E-state index in [-0.39, 0.29) is 0 Å². The summed E-state index contributed by atoms with van der Waals surface area (Å²) in [5, 5.41) is 0. The van der Waals surface area contributed by atoms with E-state index in [4.69, 9.17) is 0 Å². The number of rotatable bonds is 9. The number of hydrogen-bond acceptors (Lipinski definition) is 0. The van der Waals surface area contributed by atoms with Gasteiger partial charge in [0.2, 0.25) is 0 Å². The lowest BCUT2D eigenvalue weighted by molar-refractivity contribution is 0.608. The molecule has 1 aromatic heterocycles. The van der Waals surface area contributed by atoms with Crippen LogP contribution in [0.15, 0.2) is 66.7 Å². The Morgan fingerprint density at radius 3 is 1.96 bits per heavy atom. The van der Waals surface area contributed by atoms with Gasteiger partial charge in [0, 0.05) is 11.4 Å². The van der Waals surface area contributed by atoms with Gasteiger partial charge in [0.05, 0.1) is 0 Å². The molecule has 0 aliphatic rings. The molecule has 0 bridgehead atoms. The fourth-order valence-electron chi connectivity index (χ4n) is 3.43. The fraction of sp³-hybridized carbons (Fsp3) is 0.333. The third-order valence-corrected chi connectivity index (χ3v) is 4.85. The van der Waals surface area contributed by atoms with Gasteiger partial charge >= 0.3 is 0 Å². The summed E-state index contributed by atoms with van der Waals surface area (Å²) in [7, 11) is 0. The molecule has 3 aromatic rings. The molecule has 1 nitrogen and oxygen atoms in total. The molecule has 130 valence electrons. The van der Waals surface area contributed by atoms with E-state index in [1.807, 2.05) is 0 Å². The minimum absolute atomic E-state index is 1.15. The quantitative estimate of drug-likeness (QED) is 0.397. The smallest absolute Gasteiger partial charge is 0.0491 e. The molecular formula is C24H29N. The first-order valence-electron chi connectivity index (χ1n) is 9.71. The van der Waals surface area contributed by atoms with Gasteiger partial charge in [-0.3, -0.25) is 0 Å². The Morgan fingerprint density at radius 2 is 1.28 bits per heavy atom. The second-order valence-corrected chi connectivity index (χ2v) is 6.83. The zero-order valence-corrected chi connectivity index (χ0v) is 15.3. The van der Waals surface area contributed by atoms with Crippen LogP contribution in [0.4, 0.5) is 0 Å². The highest BCUT2D eigenvalue weighted by Crippen LogP contribution is 2.30. The van der Waals surface area contributed by atoms with Crippen molar-refractivity contribution in [3.05, 3.63) is 72.3 Å². The van der Waals surface area contributed by atoms with E-state index in [1.54, 1.807) is 0 Å². The molecular weight excluding hydrogens is 302 g/mol. The van der Waals surface area contributed by atoms with E-state index in [2.05, 4.69) is 78.6 Å². The number of nitrogens with one attached hydrogen (secondary N) is 1. The van der Waals surface area contributed by atoms with Crippen LogP contribution in [0, 0.1) is 0 Å². The van der Waals surface area contributed by atoms with Crippen molar-refractivity contribution < 1.29 is 0 Å². The van der Waals surface area contributed by atoms with Crippen LogP contribution in [0.5, 0.6) is 0 Å². The largest absolute Gasteiger partial charge is 0.354 e. The predicted molar refractivity (Wildman–Crippen MR) is 109 cm³/mol. The monoisotopic (exact) mass is 331 g/mol. The lowest BCUT2D eigenvalue weighted by Gasteiger charge is -2.05. The summed E-state index contributed by atoms with van der Waals surface area (Å²) in [6, 6.07) is 23.7. The van der Waals surface area contributed by atoms with Crippen LogP contribution in [0.1, 0.15) is 51.0 Å². The van der Waals surface area contributed by atoms with E-state index in [0.717, 1.165) is 6.42 Å². The van der Waals surface area contributed by atoms with Crippen molar-refractivity contribution in [2.45, 2.75) is 51.9 Å². The number of aromatic nitrogens is 1. The maximum atomic E-state index is 3.68. The fourth-order valence-corrected chi connectivity index (χ4v) is 3.43. The molecule has 0 spiro atoms. The number of aromatic amines is 1. The highest BCUT2D eigenvalue weighted by Gasteiger charge is 2.11. The van der Waals surface area contributed by atoms with E-state index < -0.39 is 0 Å².